The number of fused-ring (bicyclic) bond motifs is 2. The number of carbonyl (C=O) groups is 1. The van der Waals surface area contributed by atoms with E-state index in [0.717, 1.165) is 17.8 Å². The van der Waals surface area contributed by atoms with Crippen molar-refractivity contribution in [2.75, 3.05) is 19.8 Å². The van der Waals surface area contributed by atoms with Crippen LogP contribution in [0.15, 0.2) is 65.4 Å². The minimum absolute atomic E-state index is 0.0240. The van der Waals surface area contributed by atoms with Gasteiger partial charge in [-0.05, 0) is 50.4 Å². The molecule has 5 heterocycles. The lowest BCUT2D eigenvalue weighted by Crippen LogP contribution is -2.40. The van der Waals surface area contributed by atoms with Crippen LogP contribution in [0.3, 0.4) is 0 Å². The molecule has 1 aliphatic heterocycles. The van der Waals surface area contributed by atoms with Gasteiger partial charge >= 0.3 is 0 Å². The van der Waals surface area contributed by atoms with E-state index in [1.807, 2.05) is 44.4 Å². The summed E-state index contributed by atoms with van der Waals surface area (Å²) >= 11 is 1.34. The number of hydrogen-bond donors (Lipinski definition) is 1. The number of pyridine rings is 2. The molecule has 1 unspecified atom stereocenters. The zero-order chi connectivity index (χ0) is 32.0. The molecule has 0 saturated carbocycles. The number of aliphatic hydroxyl groups excluding tert-OH is 1. The molecule has 1 aromatic carbocycles. The number of thiophene rings is 1. The van der Waals surface area contributed by atoms with E-state index in [1.165, 1.54) is 23.5 Å². The van der Waals surface area contributed by atoms with Gasteiger partial charge in [-0.15, -0.1) is 11.3 Å². The highest BCUT2D eigenvalue weighted by molar-refractivity contribution is 7.18. The normalized spacial score (nSPS) is 14.6. The first kappa shape index (κ1) is 30.4. The lowest BCUT2D eigenvalue weighted by atomic mass is 9.96. The molecule has 0 saturated heterocycles. The summed E-state index contributed by atoms with van der Waals surface area (Å²) in [5.74, 6) is -1.99. The van der Waals surface area contributed by atoms with E-state index >= 15 is 4.39 Å². The third-order valence-electron chi connectivity index (χ3n) is 7.96. The summed E-state index contributed by atoms with van der Waals surface area (Å²) in [5, 5.41) is 16.8. The number of rotatable bonds is 8. The number of carbonyl (C=O) groups excluding carboxylic acids is 1. The Bertz CT molecular complexity index is 2010. The third-order valence-corrected chi connectivity index (χ3v) is 8.89. The van der Waals surface area contributed by atoms with Gasteiger partial charge in [0.2, 0.25) is 5.91 Å². The van der Waals surface area contributed by atoms with Crippen LogP contribution in [0, 0.1) is 11.6 Å². The van der Waals surface area contributed by atoms with E-state index < -0.39 is 11.6 Å². The smallest absolute Gasteiger partial charge is 0.251 e. The summed E-state index contributed by atoms with van der Waals surface area (Å²) in [7, 11) is 0. The van der Waals surface area contributed by atoms with E-state index in [0.29, 0.717) is 51.4 Å². The molecule has 1 atom stereocenters. The average molecular weight is 632 g/mol. The number of amides is 1. The van der Waals surface area contributed by atoms with Crippen LogP contribution in [-0.2, 0) is 11.3 Å². The second-order valence-corrected chi connectivity index (χ2v) is 11.9. The number of aliphatic hydroxyl groups is 1. The quantitative estimate of drug-likeness (QED) is 0.212. The third kappa shape index (κ3) is 5.33. The Kier molecular flexibility index (Phi) is 8.10. The van der Waals surface area contributed by atoms with Crippen LogP contribution in [0.2, 0.25) is 0 Å². The minimum atomic E-state index is -0.868. The summed E-state index contributed by atoms with van der Waals surface area (Å²) in [4.78, 5) is 32.3. The second kappa shape index (κ2) is 12.0. The van der Waals surface area contributed by atoms with E-state index in [-0.39, 0.29) is 48.1 Å². The van der Waals surface area contributed by atoms with Gasteiger partial charge in [-0.3, -0.25) is 14.3 Å². The Balaban J connectivity index is 1.65. The average Bonchev–Trinajstić information content (AvgIpc) is 3.67. The Morgan fingerprint density at radius 3 is 2.69 bits per heavy atom. The second-order valence-electron chi connectivity index (χ2n) is 11.0. The largest absolute Gasteiger partial charge is 0.490 e. The van der Waals surface area contributed by atoms with Crippen molar-refractivity contribution in [1.82, 2.24) is 24.2 Å². The van der Waals surface area contributed by atoms with Crippen LogP contribution in [0.4, 0.5) is 8.78 Å². The zero-order valence-corrected chi connectivity index (χ0v) is 25.8. The Hall–Kier alpha value is -4.68. The summed E-state index contributed by atoms with van der Waals surface area (Å²) in [5.41, 5.74) is 2.65. The SMILES string of the molecule is C=CC(=O)N1CCn2nc(-c3nc(-c4ccn(C(C)C)c(=O)c4)c4ccsc4c3-c3c(F)cc(F)cc3OCCO)cc2C1C. The molecule has 232 valence electrons. The summed E-state index contributed by atoms with van der Waals surface area (Å²) in [6.07, 6.45) is 3.00. The van der Waals surface area contributed by atoms with Gasteiger partial charge in [0.05, 0.1) is 36.1 Å². The van der Waals surface area contributed by atoms with Crippen molar-refractivity contribution in [3.63, 3.8) is 0 Å². The van der Waals surface area contributed by atoms with Crippen LogP contribution in [-0.4, -0.2) is 55.0 Å². The number of nitrogens with zero attached hydrogens (tertiary/aromatic N) is 5. The fraction of sp³-hybridized carbons (Fsp3) is 0.273. The van der Waals surface area contributed by atoms with Gasteiger partial charge in [-0.25, -0.2) is 13.8 Å². The Labute approximate surface area is 261 Å². The summed E-state index contributed by atoms with van der Waals surface area (Å²) < 4.78 is 40.1. The lowest BCUT2D eigenvalue weighted by molar-refractivity contribution is -0.129. The van der Waals surface area contributed by atoms with Crippen molar-refractivity contribution in [1.29, 1.82) is 0 Å². The van der Waals surface area contributed by atoms with E-state index in [1.54, 1.807) is 20.3 Å². The molecule has 1 amide bonds. The predicted molar refractivity (Wildman–Crippen MR) is 169 cm³/mol. The maximum atomic E-state index is 15.9. The highest BCUT2D eigenvalue weighted by Crippen LogP contribution is 2.47. The van der Waals surface area contributed by atoms with E-state index in [9.17, 15) is 19.1 Å². The first-order valence-electron chi connectivity index (χ1n) is 14.5. The topological polar surface area (TPSA) is 102 Å². The molecule has 45 heavy (non-hydrogen) atoms. The molecule has 0 spiro atoms. The van der Waals surface area contributed by atoms with Crippen LogP contribution in [0.1, 0.15) is 38.5 Å². The van der Waals surface area contributed by atoms with Crippen molar-refractivity contribution < 1.29 is 23.4 Å². The molecule has 0 fully saturated rings. The van der Waals surface area contributed by atoms with Gasteiger partial charge in [0.25, 0.3) is 5.56 Å². The van der Waals surface area contributed by atoms with Gasteiger partial charge in [-0.2, -0.15) is 5.10 Å². The zero-order valence-electron chi connectivity index (χ0n) is 25.0. The lowest BCUT2D eigenvalue weighted by Gasteiger charge is -2.33. The molecule has 9 nitrogen and oxygen atoms in total. The number of halogens is 2. The number of hydrogen-bond acceptors (Lipinski definition) is 7. The molecule has 0 bridgehead atoms. The van der Waals surface area contributed by atoms with Gasteiger partial charge in [0, 0.05) is 58.2 Å². The van der Waals surface area contributed by atoms with Crippen LogP contribution in [0.5, 0.6) is 5.75 Å². The van der Waals surface area contributed by atoms with Crippen molar-refractivity contribution in [2.45, 2.75) is 39.4 Å². The molecule has 6 rings (SSSR count). The van der Waals surface area contributed by atoms with E-state index in [4.69, 9.17) is 14.8 Å². The number of aromatic nitrogens is 4. The number of benzene rings is 1. The minimum Gasteiger partial charge on any atom is -0.490 e. The fourth-order valence-corrected chi connectivity index (χ4v) is 6.77. The Morgan fingerprint density at radius 1 is 1.18 bits per heavy atom. The summed E-state index contributed by atoms with van der Waals surface area (Å²) in [6, 6.07) is 8.50. The molecular weight excluding hydrogens is 600 g/mol. The highest BCUT2D eigenvalue weighted by atomic mass is 32.1. The predicted octanol–water partition coefficient (Wildman–Crippen LogP) is 5.97. The monoisotopic (exact) mass is 631 g/mol. The van der Waals surface area contributed by atoms with Gasteiger partial charge in [0.15, 0.2) is 0 Å². The van der Waals surface area contributed by atoms with Crippen molar-refractivity contribution in [3.8, 4) is 39.5 Å². The van der Waals surface area contributed by atoms with Crippen molar-refractivity contribution in [2.24, 2.45) is 0 Å². The standard InChI is InChI=1S/C33H31F2N5O4S/c1-5-27(42)39-9-10-40-25(19(39)4)17-24(37-40)32-30(29-23(35)15-21(34)16-26(29)44-12-11-41)33-22(7-13-45-33)31(36-32)20-6-8-38(18(2)3)28(43)14-20/h5-8,13-19,41H,1,9-12H2,2-4H3. The summed E-state index contributed by atoms with van der Waals surface area (Å²) in [6.45, 7) is 9.65. The van der Waals surface area contributed by atoms with Gasteiger partial charge < -0.3 is 19.3 Å². The molecule has 12 heteroatoms. The molecule has 0 radical (unpaired) electrons. The molecule has 1 aliphatic rings. The first-order chi connectivity index (χ1) is 21.6. The first-order valence-corrected chi connectivity index (χ1v) is 15.4. The molecule has 0 aliphatic carbocycles. The molecule has 4 aromatic heterocycles. The highest BCUT2D eigenvalue weighted by Gasteiger charge is 2.31. The molecule has 1 N–H and O–H groups in total. The van der Waals surface area contributed by atoms with Crippen LogP contribution >= 0.6 is 11.3 Å². The van der Waals surface area contributed by atoms with Crippen molar-refractivity contribution in [3.05, 3.63) is 88.3 Å². The van der Waals surface area contributed by atoms with Gasteiger partial charge in [0.1, 0.15) is 35.4 Å². The molecule has 5 aromatic rings. The molecular formula is C33H31F2N5O4S. The van der Waals surface area contributed by atoms with Crippen LogP contribution < -0.4 is 10.3 Å². The number of ether oxygens (including phenoxy) is 1. The van der Waals surface area contributed by atoms with E-state index in [2.05, 4.69) is 6.58 Å². The fourth-order valence-electron chi connectivity index (χ4n) is 5.82. The Morgan fingerprint density at radius 2 is 1.98 bits per heavy atom. The van der Waals surface area contributed by atoms with Gasteiger partial charge in [-0.1, -0.05) is 6.58 Å². The van der Waals surface area contributed by atoms with Crippen molar-refractivity contribution >= 4 is 27.3 Å². The maximum Gasteiger partial charge on any atom is 0.251 e. The maximum absolute atomic E-state index is 15.9. The van der Waals surface area contributed by atoms with Crippen LogP contribution in [0.25, 0.3) is 43.9 Å².